The minimum atomic E-state index is -0.286. The minimum absolute atomic E-state index is 0.286. The summed E-state index contributed by atoms with van der Waals surface area (Å²) in [5, 5.41) is 1.16. The monoisotopic (exact) mass is 383 g/mol. The molecule has 1 heterocycles. The number of hydrogen-bond donors (Lipinski definition) is 2. The van der Waals surface area contributed by atoms with Crippen molar-refractivity contribution < 1.29 is 4.79 Å². The second kappa shape index (κ2) is 7.94. The lowest BCUT2D eigenvalue weighted by molar-refractivity contribution is -0.117. The number of para-hydroxylation sites is 1. The van der Waals surface area contributed by atoms with Crippen LogP contribution >= 0.6 is 0 Å². The van der Waals surface area contributed by atoms with E-state index in [1.54, 1.807) is 0 Å². The molecule has 0 unspecified atom stereocenters. The number of rotatable bonds is 6. The molecule has 0 aliphatic rings. The van der Waals surface area contributed by atoms with Crippen molar-refractivity contribution >= 4 is 16.8 Å². The third kappa shape index (κ3) is 3.55. The number of amides is 1. The molecule has 4 N–H and O–H groups in total. The van der Waals surface area contributed by atoms with Crippen LogP contribution in [0.5, 0.6) is 0 Å². The molecule has 146 valence electrons. The van der Waals surface area contributed by atoms with Gasteiger partial charge in [-0.3, -0.25) is 4.79 Å². The normalized spacial score (nSPS) is 11.1. The number of benzene rings is 3. The first-order valence-electron chi connectivity index (χ1n) is 9.83. The largest absolute Gasteiger partial charge is 0.370 e. The minimum Gasteiger partial charge on any atom is -0.370 e. The van der Waals surface area contributed by atoms with Crippen molar-refractivity contribution in [1.29, 1.82) is 0 Å². The fraction of sp³-hybridized carbons (Fsp3) is 0.160. The van der Waals surface area contributed by atoms with Crippen molar-refractivity contribution in [3.05, 3.63) is 83.9 Å². The molecule has 4 nitrogen and oxygen atoms in total. The van der Waals surface area contributed by atoms with Crippen LogP contribution in [-0.2, 0) is 24.8 Å². The molecule has 0 aliphatic heterocycles. The van der Waals surface area contributed by atoms with Gasteiger partial charge in [-0.2, -0.15) is 0 Å². The zero-order chi connectivity index (χ0) is 20.4. The highest BCUT2D eigenvalue weighted by Crippen LogP contribution is 2.36. The predicted molar refractivity (Wildman–Crippen MR) is 119 cm³/mol. The Morgan fingerprint density at radius 3 is 2.38 bits per heavy atom. The van der Waals surface area contributed by atoms with Gasteiger partial charge in [0.25, 0.3) is 0 Å². The molecule has 4 rings (SSSR count). The van der Waals surface area contributed by atoms with E-state index < -0.39 is 0 Å². The highest BCUT2D eigenvalue weighted by molar-refractivity contribution is 5.92. The van der Waals surface area contributed by atoms with Crippen molar-refractivity contribution in [3.8, 4) is 22.4 Å². The summed E-state index contributed by atoms with van der Waals surface area (Å²) < 4.78 is 2.20. The first-order chi connectivity index (χ1) is 14.1. The molecule has 3 aromatic carbocycles. The molecule has 0 spiro atoms. The number of nitrogens with two attached hydrogens (primary N) is 2. The number of carbonyl (C=O) groups excluding carboxylic acids is 1. The van der Waals surface area contributed by atoms with E-state index in [9.17, 15) is 4.79 Å². The fourth-order valence-electron chi connectivity index (χ4n) is 4.15. The van der Waals surface area contributed by atoms with Crippen LogP contribution in [0.15, 0.2) is 72.8 Å². The lowest BCUT2D eigenvalue weighted by Gasteiger charge is -2.13. The van der Waals surface area contributed by atoms with Crippen molar-refractivity contribution in [3.63, 3.8) is 0 Å². The molecule has 1 amide bonds. The molecule has 0 bridgehead atoms. The van der Waals surface area contributed by atoms with Crippen molar-refractivity contribution in [2.75, 3.05) is 0 Å². The number of carbonyl (C=O) groups is 1. The summed E-state index contributed by atoms with van der Waals surface area (Å²) in [5.74, 6) is -0.286. The summed E-state index contributed by atoms with van der Waals surface area (Å²) in [5.41, 5.74) is 19.5. The fourth-order valence-corrected chi connectivity index (χ4v) is 4.15. The van der Waals surface area contributed by atoms with E-state index in [0.717, 1.165) is 44.4 Å². The third-order valence-electron chi connectivity index (χ3n) is 5.52. The van der Waals surface area contributed by atoms with Crippen molar-refractivity contribution in [2.24, 2.45) is 18.5 Å². The molecule has 0 aliphatic carbocycles. The van der Waals surface area contributed by atoms with Gasteiger partial charge in [0.05, 0.1) is 5.69 Å². The number of aryl methyl sites for hydroxylation is 2. The van der Waals surface area contributed by atoms with Gasteiger partial charge < -0.3 is 16.0 Å². The van der Waals surface area contributed by atoms with Gasteiger partial charge in [-0.05, 0) is 46.4 Å². The lowest BCUT2D eigenvalue weighted by atomic mass is 9.94. The van der Waals surface area contributed by atoms with Gasteiger partial charge >= 0.3 is 0 Å². The smallest absolute Gasteiger partial charge is 0.217 e. The third-order valence-corrected chi connectivity index (χ3v) is 5.52. The summed E-state index contributed by atoms with van der Waals surface area (Å²) in [4.78, 5) is 11.5. The Labute approximate surface area is 170 Å². The molecule has 4 heteroatoms. The number of nitrogens with zero attached hydrogens (tertiary/aromatic N) is 1. The van der Waals surface area contributed by atoms with E-state index in [2.05, 4.69) is 54.1 Å². The van der Waals surface area contributed by atoms with Crippen LogP contribution in [0.1, 0.15) is 17.5 Å². The topological polar surface area (TPSA) is 74.0 Å². The van der Waals surface area contributed by atoms with Gasteiger partial charge in [0.1, 0.15) is 0 Å². The molecular formula is C25H25N3O. The number of fused-ring (bicyclic) bond motifs is 1. The maximum absolute atomic E-state index is 11.5. The summed E-state index contributed by atoms with van der Waals surface area (Å²) in [6.07, 6.45) is 0.942. The summed E-state index contributed by atoms with van der Waals surface area (Å²) in [7, 11) is 2.07. The Bertz CT molecular complexity index is 1180. The number of primary amides is 1. The van der Waals surface area contributed by atoms with Crippen LogP contribution in [0, 0.1) is 0 Å². The van der Waals surface area contributed by atoms with E-state index in [4.69, 9.17) is 11.5 Å². The molecule has 0 fully saturated rings. The van der Waals surface area contributed by atoms with E-state index >= 15 is 0 Å². The van der Waals surface area contributed by atoms with Gasteiger partial charge in [0, 0.05) is 30.9 Å². The molecule has 0 atom stereocenters. The van der Waals surface area contributed by atoms with E-state index in [1.807, 2.05) is 30.3 Å². The van der Waals surface area contributed by atoms with Crippen molar-refractivity contribution in [2.45, 2.75) is 19.4 Å². The van der Waals surface area contributed by atoms with E-state index in [1.165, 1.54) is 0 Å². The summed E-state index contributed by atoms with van der Waals surface area (Å²) in [6, 6.07) is 25.0. The van der Waals surface area contributed by atoms with E-state index in [-0.39, 0.29) is 5.91 Å². The SMILES string of the molecule is Cn1c(-c2ccc(-c3ccccc3)c(CN)c2)c(CCC(N)=O)c2ccccc21. The number of hydrogen-bond acceptors (Lipinski definition) is 2. The van der Waals surface area contributed by atoms with Crippen LogP contribution in [0.2, 0.25) is 0 Å². The summed E-state index contributed by atoms with van der Waals surface area (Å²) in [6.45, 7) is 0.457. The Morgan fingerprint density at radius 1 is 0.931 bits per heavy atom. The average molecular weight is 383 g/mol. The Balaban J connectivity index is 1.89. The molecule has 29 heavy (non-hydrogen) atoms. The Morgan fingerprint density at radius 2 is 1.66 bits per heavy atom. The van der Waals surface area contributed by atoms with Crippen LogP contribution in [0.3, 0.4) is 0 Å². The maximum atomic E-state index is 11.5. The van der Waals surface area contributed by atoms with Gasteiger partial charge in [-0.15, -0.1) is 0 Å². The Hall–Kier alpha value is -3.37. The zero-order valence-electron chi connectivity index (χ0n) is 16.6. The van der Waals surface area contributed by atoms with E-state index in [0.29, 0.717) is 19.4 Å². The second-order valence-electron chi connectivity index (χ2n) is 7.31. The first-order valence-corrected chi connectivity index (χ1v) is 9.83. The quantitative estimate of drug-likeness (QED) is 0.518. The van der Waals surface area contributed by atoms with Gasteiger partial charge in [0.2, 0.25) is 5.91 Å². The zero-order valence-corrected chi connectivity index (χ0v) is 16.6. The highest BCUT2D eigenvalue weighted by Gasteiger charge is 2.18. The van der Waals surface area contributed by atoms with Crippen LogP contribution < -0.4 is 11.5 Å². The predicted octanol–water partition coefficient (Wildman–Crippen LogP) is 4.39. The molecular weight excluding hydrogens is 358 g/mol. The molecule has 0 radical (unpaired) electrons. The van der Waals surface area contributed by atoms with Crippen molar-refractivity contribution in [1.82, 2.24) is 4.57 Å². The number of aromatic nitrogens is 1. The standard InChI is InChI=1S/C25H25N3O/c1-28-23-10-6-5-9-21(23)22(13-14-24(27)29)25(28)18-11-12-20(19(15-18)16-26)17-7-3-2-4-8-17/h2-12,15H,13-14,16,26H2,1H3,(H2,27,29). The molecule has 1 aromatic heterocycles. The molecule has 0 saturated carbocycles. The first kappa shape index (κ1) is 19.0. The molecule has 0 saturated heterocycles. The highest BCUT2D eigenvalue weighted by atomic mass is 16.1. The Kier molecular flexibility index (Phi) is 5.19. The molecule has 4 aromatic rings. The van der Waals surface area contributed by atoms with Gasteiger partial charge in [-0.25, -0.2) is 0 Å². The maximum Gasteiger partial charge on any atom is 0.217 e. The van der Waals surface area contributed by atoms with Crippen LogP contribution in [-0.4, -0.2) is 10.5 Å². The average Bonchev–Trinajstić information content (AvgIpc) is 3.04. The van der Waals surface area contributed by atoms with Gasteiger partial charge in [0.15, 0.2) is 0 Å². The van der Waals surface area contributed by atoms with Gasteiger partial charge in [-0.1, -0.05) is 60.7 Å². The van der Waals surface area contributed by atoms with Crippen LogP contribution in [0.4, 0.5) is 0 Å². The second-order valence-corrected chi connectivity index (χ2v) is 7.31. The lowest BCUT2D eigenvalue weighted by Crippen LogP contribution is -2.11. The summed E-state index contributed by atoms with van der Waals surface area (Å²) >= 11 is 0. The van der Waals surface area contributed by atoms with Crippen LogP contribution in [0.25, 0.3) is 33.3 Å².